The Morgan fingerprint density at radius 2 is 0.845 bits per heavy atom. The van der Waals surface area contributed by atoms with Gasteiger partial charge >= 0.3 is 0 Å². The molecule has 2 heterocycles. The van der Waals surface area contributed by atoms with Gasteiger partial charge in [-0.05, 0) is 110 Å². The summed E-state index contributed by atoms with van der Waals surface area (Å²) in [6.07, 6.45) is 2.21. The SMILES string of the molecule is c1ccc(-c2cc(-c3ccccc3)cc(N(c3ccccc3)c3ccc(-c4cccc5c4c4ccccc4c4c5c(-c5ccccc5)c5ccccn54)cc3)c2)cc1. The molecule has 0 aliphatic carbocycles. The maximum atomic E-state index is 2.38. The van der Waals surface area contributed by atoms with Gasteiger partial charge in [0.05, 0.1) is 11.0 Å². The lowest BCUT2D eigenvalue weighted by Gasteiger charge is -2.27. The van der Waals surface area contributed by atoms with Crippen LogP contribution in [-0.4, -0.2) is 4.40 Å². The minimum atomic E-state index is 1.09. The Bertz CT molecular complexity index is 3180. The van der Waals surface area contributed by atoms with Crippen molar-refractivity contribution in [2.45, 2.75) is 0 Å². The number of pyridine rings is 1. The van der Waals surface area contributed by atoms with Crippen LogP contribution in [0.15, 0.2) is 231 Å². The molecule has 11 aromatic rings. The molecule has 272 valence electrons. The standard InChI is InChI=1S/C56H38N2/c1-5-18-39(19-6-1)43-36-44(40-20-7-2-8-21-40)38-47(37-43)58(45-24-11-4-12-25-45)46-33-31-41(32-34-46)48-28-17-29-51-54(48)49-26-13-14-27-50(49)56-55(51)53(42-22-9-3-10-23-42)52-30-15-16-35-57(52)56/h1-38H. The lowest BCUT2D eigenvalue weighted by atomic mass is 9.89. The number of nitrogens with zero attached hydrogens (tertiary/aromatic N) is 2. The van der Waals surface area contributed by atoms with Gasteiger partial charge in [0.2, 0.25) is 0 Å². The van der Waals surface area contributed by atoms with Crippen LogP contribution in [0.5, 0.6) is 0 Å². The van der Waals surface area contributed by atoms with Crippen LogP contribution in [0.25, 0.3) is 82.5 Å². The smallest absolute Gasteiger partial charge is 0.0620 e. The van der Waals surface area contributed by atoms with Crippen molar-refractivity contribution in [2.75, 3.05) is 4.90 Å². The third kappa shape index (κ3) is 5.66. The molecular formula is C56H38N2. The molecule has 9 aromatic carbocycles. The third-order valence-corrected chi connectivity index (χ3v) is 11.5. The Kier molecular flexibility index (Phi) is 8.19. The molecule has 0 fully saturated rings. The van der Waals surface area contributed by atoms with E-state index in [0.717, 1.165) is 17.1 Å². The van der Waals surface area contributed by atoms with Gasteiger partial charge < -0.3 is 9.30 Å². The first-order valence-corrected chi connectivity index (χ1v) is 19.9. The molecule has 0 atom stereocenters. The van der Waals surface area contributed by atoms with Gasteiger partial charge in [0, 0.05) is 39.6 Å². The van der Waals surface area contributed by atoms with Crippen molar-refractivity contribution in [3.63, 3.8) is 0 Å². The Morgan fingerprint density at radius 3 is 1.50 bits per heavy atom. The fourth-order valence-corrected chi connectivity index (χ4v) is 8.98. The van der Waals surface area contributed by atoms with Crippen LogP contribution in [-0.2, 0) is 0 Å². The summed E-state index contributed by atoms with van der Waals surface area (Å²) in [6, 6.07) is 81.3. The predicted molar refractivity (Wildman–Crippen MR) is 246 cm³/mol. The van der Waals surface area contributed by atoms with E-state index in [4.69, 9.17) is 0 Å². The highest BCUT2D eigenvalue weighted by atomic mass is 15.1. The van der Waals surface area contributed by atoms with E-state index in [9.17, 15) is 0 Å². The summed E-state index contributed by atoms with van der Waals surface area (Å²) in [5, 5.41) is 6.32. The lowest BCUT2D eigenvalue weighted by molar-refractivity contribution is 1.26. The second-order valence-electron chi connectivity index (χ2n) is 14.9. The van der Waals surface area contributed by atoms with Gasteiger partial charge in [-0.2, -0.15) is 0 Å². The van der Waals surface area contributed by atoms with Gasteiger partial charge in [-0.1, -0.05) is 170 Å². The number of anilines is 3. The van der Waals surface area contributed by atoms with E-state index < -0.39 is 0 Å². The highest BCUT2D eigenvalue weighted by Crippen LogP contribution is 2.47. The second-order valence-corrected chi connectivity index (χ2v) is 14.9. The molecule has 0 spiro atoms. The van der Waals surface area contributed by atoms with Gasteiger partial charge in [0.15, 0.2) is 0 Å². The quantitative estimate of drug-likeness (QED) is 0.148. The fourth-order valence-electron chi connectivity index (χ4n) is 8.98. The van der Waals surface area contributed by atoms with Gasteiger partial charge in [0.1, 0.15) is 0 Å². The van der Waals surface area contributed by atoms with Crippen molar-refractivity contribution in [2.24, 2.45) is 0 Å². The minimum absolute atomic E-state index is 1.09. The van der Waals surface area contributed by atoms with Gasteiger partial charge in [-0.15, -0.1) is 0 Å². The number of hydrogen-bond acceptors (Lipinski definition) is 1. The Labute approximate surface area is 338 Å². The average molecular weight is 739 g/mol. The summed E-state index contributed by atoms with van der Waals surface area (Å²) >= 11 is 0. The summed E-state index contributed by atoms with van der Waals surface area (Å²) < 4.78 is 2.38. The Balaban J connectivity index is 1.12. The van der Waals surface area contributed by atoms with Crippen LogP contribution in [0.3, 0.4) is 0 Å². The van der Waals surface area contributed by atoms with Gasteiger partial charge in [-0.25, -0.2) is 0 Å². The van der Waals surface area contributed by atoms with E-state index in [1.165, 1.54) is 82.5 Å². The summed E-state index contributed by atoms with van der Waals surface area (Å²) in [6.45, 7) is 0. The van der Waals surface area contributed by atoms with Crippen molar-refractivity contribution < 1.29 is 0 Å². The molecule has 0 saturated carbocycles. The molecule has 0 saturated heterocycles. The zero-order valence-corrected chi connectivity index (χ0v) is 31.8. The summed E-state index contributed by atoms with van der Waals surface area (Å²) in [7, 11) is 0. The largest absolute Gasteiger partial charge is 0.315 e. The van der Waals surface area contributed by atoms with Crippen LogP contribution >= 0.6 is 0 Å². The molecular weight excluding hydrogens is 701 g/mol. The summed E-state index contributed by atoms with van der Waals surface area (Å²) in [5.41, 5.74) is 15.4. The van der Waals surface area contributed by atoms with Crippen molar-refractivity contribution in [3.05, 3.63) is 231 Å². The van der Waals surface area contributed by atoms with Gasteiger partial charge in [-0.3, -0.25) is 0 Å². The molecule has 0 aliphatic rings. The number of rotatable bonds is 7. The highest BCUT2D eigenvalue weighted by molar-refractivity contribution is 6.32. The third-order valence-electron chi connectivity index (χ3n) is 11.5. The molecule has 2 heteroatoms. The zero-order valence-electron chi connectivity index (χ0n) is 31.8. The number of fused-ring (bicyclic) bond motifs is 8. The van der Waals surface area contributed by atoms with Crippen molar-refractivity contribution in [3.8, 4) is 44.5 Å². The molecule has 0 aliphatic heterocycles. The number of hydrogen-bond donors (Lipinski definition) is 0. The molecule has 0 N–H and O–H groups in total. The van der Waals surface area contributed by atoms with Crippen LogP contribution in [0.2, 0.25) is 0 Å². The van der Waals surface area contributed by atoms with Crippen LogP contribution in [0, 0.1) is 0 Å². The summed E-state index contributed by atoms with van der Waals surface area (Å²) in [5.74, 6) is 0. The van der Waals surface area contributed by atoms with Crippen molar-refractivity contribution in [1.82, 2.24) is 4.40 Å². The number of aromatic nitrogens is 1. The molecule has 0 unspecified atom stereocenters. The van der Waals surface area contributed by atoms with Crippen LogP contribution < -0.4 is 4.90 Å². The fraction of sp³-hybridized carbons (Fsp3) is 0. The first kappa shape index (κ1) is 33.6. The van der Waals surface area contributed by atoms with E-state index in [0.29, 0.717) is 0 Å². The van der Waals surface area contributed by atoms with Crippen LogP contribution in [0.1, 0.15) is 0 Å². The highest BCUT2D eigenvalue weighted by Gasteiger charge is 2.22. The minimum Gasteiger partial charge on any atom is -0.315 e. The topological polar surface area (TPSA) is 7.65 Å². The molecule has 2 aromatic heterocycles. The van der Waals surface area contributed by atoms with Gasteiger partial charge in [0.25, 0.3) is 0 Å². The monoisotopic (exact) mass is 738 g/mol. The summed E-state index contributed by atoms with van der Waals surface area (Å²) in [4.78, 5) is 2.38. The van der Waals surface area contributed by atoms with E-state index in [-0.39, 0.29) is 0 Å². The Morgan fingerprint density at radius 1 is 0.310 bits per heavy atom. The van der Waals surface area contributed by atoms with Crippen LogP contribution in [0.4, 0.5) is 17.1 Å². The second kappa shape index (κ2) is 14.1. The maximum absolute atomic E-state index is 2.38. The van der Waals surface area contributed by atoms with E-state index in [2.05, 4.69) is 240 Å². The first-order chi connectivity index (χ1) is 28.8. The lowest BCUT2D eigenvalue weighted by Crippen LogP contribution is -2.10. The van der Waals surface area contributed by atoms with E-state index in [1.54, 1.807) is 0 Å². The average Bonchev–Trinajstić information content (AvgIpc) is 3.66. The van der Waals surface area contributed by atoms with Crippen molar-refractivity contribution in [1.29, 1.82) is 0 Å². The number of para-hydroxylation sites is 1. The Hall–Kier alpha value is -7.68. The first-order valence-electron chi connectivity index (χ1n) is 19.9. The molecule has 0 amide bonds. The van der Waals surface area contributed by atoms with E-state index >= 15 is 0 Å². The molecule has 2 nitrogen and oxygen atoms in total. The molecule has 0 radical (unpaired) electrons. The molecule has 11 rings (SSSR count). The number of benzene rings is 9. The predicted octanol–water partition coefficient (Wildman–Crippen LogP) is 15.5. The molecule has 58 heavy (non-hydrogen) atoms. The zero-order chi connectivity index (χ0) is 38.4. The van der Waals surface area contributed by atoms with E-state index in [1.807, 2.05) is 0 Å². The molecule has 0 bridgehead atoms. The maximum Gasteiger partial charge on any atom is 0.0620 e. The normalized spacial score (nSPS) is 11.4. The van der Waals surface area contributed by atoms with Crippen molar-refractivity contribution >= 4 is 55.0 Å².